The Bertz CT molecular complexity index is 279. The van der Waals surface area contributed by atoms with E-state index in [4.69, 9.17) is 4.74 Å². The maximum absolute atomic E-state index is 10.9. The Morgan fingerprint density at radius 3 is 2.85 bits per heavy atom. The third-order valence-corrected chi connectivity index (χ3v) is 1.33. The van der Waals surface area contributed by atoms with Gasteiger partial charge in [-0.2, -0.15) is 5.10 Å². The van der Waals surface area contributed by atoms with E-state index in [-0.39, 0.29) is 41.9 Å². The van der Waals surface area contributed by atoms with E-state index in [0.29, 0.717) is 17.6 Å². The zero-order valence-electron chi connectivity index (χ0n) is 6.57. The molecule has 1 aromatic heterocycles. The van der Waals surface area contributed by atoms with Crippen LogP contribution in [0.5, 0.6) is 0 Å². The number of esters is 1. The molecule has 0 aliphatic heterocycles. The molecule has 0 saturated carbocycles. The minimum atomic E-state index is -0.329. The summed E-state index contributed by atoms with van der Waals surface area (Å²) in [6, 6.07) is 0. The van der Waals surface area contributed by atoms with Gasteiger partial charge in [0, 0.05) is 0 Å². The SMILES string of the molecule is CCOC(=O)Cc1n[nH]c(S)n1.[NaH]. The molecular formula is C6H10N3NaO2S. The Morgan fingerprint density at radius 1 is 1.69 bits per heavy atom. The van der Waals surface area contributed by atoms with E-state index >= 15 is 0 Å². The zero-order valence-corrected chi connectivity index (χ0v) is 7.47. The van der Waals surface area contributed by atoms with Crippen molar-refractivity contribution in [2.45, 2.75) is 18.5 Å². The summed E-state index contributed by atoms with van der Waals surface area (Å²) in [5, 5.41) is 6.63. The molecule has 0 aromatic carbocycles. The standard InChI is InChI=1S/C6H9N3O2S.Na.H/c1-2-11-5(10)3-4-7-6(12)9-8-4;;/h2-3H2,1H3,(H2,7,8,9,12);;. The van der Waals surface area contributed by atoms with Crippen molar-refractivity contribution in [1.82, 2.24) is 15.2 Å². The van der Waals surface area contributed by atoms with Crippen LogP contribution in [0.2, 0.25) is 0 Å². The molecule has 0 bridgehead atoms. The molecule has 68 valence electrons. The second-order valence-corrected chi connectivity index (χ2v) is 2.48. The molecule has 0 fully saturated rings. The number of ether oxygens (including phenoxy) is 1. The molecule has 5 nitrogen and oxygen atoms in total. The van der Waals surface area contributed by atoms with Gasteiger partial charge < -0.3 is 4.74 Å². The fourth-order valence-electron chi connectivity index (χ4n) is 0.707. The van der Waals surface area contributed by atoms with Crippen molar-refractivity contribution < 1.29 is 9.53 Å². The molecule has 0 aliphatic rings. The van der Waals surface area contributed by atoms with Gasteiger partial charge in [-0.05, 0) is 6.92 Å². The summed E-state index contributed by atoms with van der Waals surface area (Å²) in [5.74, 6) is 0.0725. The van der Waals surface area contributed by atoms with Crippen molar-refractivity contribution in [2.75, 3.05) is 6.61 Å². The van der Waals surface area contributed by atoms with E-state index in [2.05, 4.69) is 27.8 Å². The number of rotatable bonds is 3. The molecule has 0 radical (unpaired) electrons. The number of H-pyrrole nitrogens is 1. The molecule has 7 heteroatoms. The quantitative estimate of drug-likeness (QED) is 0.404. The predicted octanol–water partition coefficient (Wildman–Crippen LogP) is -0.450. The zero-order chi connectivity index (χ0) is 8.97. The van der Waals surface area contributed by atoms with Crippen LogP contribution in [0, 0.1) is 0 Å². The molecule has 1 heterocycles. The Kier molecular flexibility index (Phi) is 6.40. The molecule has 0 unspecified atom stereocenters. The molecule has 1 N–H and O–H groups in total. The average molecular weight is 211 g/mol. The van der Waals surface area contributed by atoms with Crippen LogP contribution in [0.1, 0.15) is 12.7 Å². The van der Waals surface area contributed by atoms with E-state index < -0.39 is 0 Å². The fraction of sp³-hybridized carbons (Fsp3) is 0.500. The van der Waals surface area contributed by atoms with Crippen molar-refractivity contribution in [3.8, 4) is 0 Å². The Balaban J connectivity index is 0.00000144. The molecule has 0 aliphatic carbocycles. The van der Waals surface area contributed by atoms with Gasteiger partial charge in [-0.1, -0.05) is 0 Å². The van der Waals surface area contributed by atoms with Crippen LogP contribution in [0.3, 0.4) is 0 Å². The summed E-state index contributed by atoms with van der Waals surface area (Å²) in [4.78, 5) is 14.7. The average Bonchev–Trinajstić information content (AvgIpc) is 2.36. The van der Waals surface area contributed by atoms with E-state index in [1.54, 1.807) is 6.92 Å². The monoisotopic (exact) mass is 211 g/mol. The molecule has 0 spiro atoms. The summed E-state index contributed by atoms with van der Waals surface area (Å²) in [5.41, 5.74) is 0. The number of nitrogens with one attached hydrogen (secondary N) is 1. The number of aromatic amines is 1. The van der Waals surface area contributed by atoms with Crippen LogP contribution in [-0.2, 0) is 16.0 Å². The van der Waals surface area contributed by atoms with Gasteiger partial charge in [0.25, 0.3) is 0 Å². The first-order valence-electron chi connectivity index (χ1n) is 3.48. The van der Waals surface area contributed by atoms with Gasteiger partial charge in [-0.15, -0.1) is 12.6 Å². The first-order valence-corrected chi connectivity index (χ1v) is 3.93. The number of carbonyl (C=O) groups excluding carboxylic acids is 1. The first-order chi connectivity index (χ1) is 5.72. The van der Waals surface area contributed by atoms with Gasteiger partial charge in [0.1, 0.15) is 6.42 Å². The van der Waals surface area contributed by atoms with E-state index in [1.807, 2.05) is 0 Å². The van der Waals surface area contributed by atoms with Gasteiger partial charge in [0.15, 0.2) is 11.0 Å². The number of aromatic nitrogens is 3. The Morgan fingerprint density at radius 2 is 2.38 bits per heavy atom. The normalized spacial score (nSPS) is 9.08. The second-order valence-electron chi connectivity index (χ2n) is 2.06. The topological polar surface area (TPSA) is 67.9 Å². The Hall–Kier alpha value is -0.0400. The third-order valence-electron chi connectivity index (χ3n) is 1.13. The van der Waals surface area contributed by atoms with Crippen molar-refractivity contribution in [3.05, 3.63) is 5.82 Å². The summed E-state index contributed by atoms with van der Waals surface area (Å²) >= 11 is 3.90. The van der Waals surface area contributed by atoms with Crippen LogP contribution in [0.4, 0.5) is 0 Å². The van der Waals surface area contributed by atoms with Crippen molar-refractivity contribution in [1.29, 1.82) is 0 Å². The van der Waals surface area contributed by atoms with Gasteiger partial charge in [0.05, 0.1) is 6.61 Å². The fourth-order valence-corrected chi connectivity index (χ4v) is 0.872. The van der Waals surface area contributed by atoms with Gasteiger partial charge >= 0.3 is 35.5 Å². The molecule has 0 amide bonds. The summed E-state index contributed by atoms with van der Waals surface area (Å²) < 4.78 is 4.70. The summed E-state index contributed by atoms with van der Waals surface area (Å²) in [6.45, 7) is 2.12. The van der Waals surface area contributed by atoms with Gasteiger partial charge in [-0.25, -0.2) is 4.98 Å². The number of nitrogens with zero attached hydrogens (tertiary/aromatic N) is 2. The third kappa shape index (κ3) is 4.66. The molecular weight excluding hydrogens is 201 g/mol. The number of hydrogen-bond acceptors (Lipinski definition) is 5. The van der Waals surface area contributed by atoms with Gasteiger partial charge in [-0.3, -0.25) is 9.89 Å². The van der Waals surface area contributed by atoms with Crippen LogP contribution in [0.25, 0.3) is 0 Å². The summed E-state index contributed by atoms with van der Waals surface area (Å²) in [6.07, 6.45) is 0.0882. The molecule has 0 atom stereocenters. The first kappa shape index (κ1) is 13.0. The van der Waals surface area contributed by atoms with Crippen molar-refractivity contribution >= 4 is 48.2 Å². The van der Waals surface area contributed by atoms with Crippen LogP contribution in [-0.4, -0.2) is 57.3 Å². The molecule has 13 heavy (non-hydrogen) atoms. The number of thiol groups is 1. The van der Waals surface area contributed by atoms with Crippen molar-refractivity contribution in [2.24, 2.45) is 0 Å². The van der Waals surface area contributed by atoms with Gasteiger partial charge in [0.2, 0.25) is 0 Å². The van der Waals surface area contributed by atoms with Crippen molar-refractivity contribution in [3.63, 3.8) is 0 Å². The van der Waals surface area contributed by atoms with E-state index in [0.717, 1.165) is 0 Å². The summed E-state index contributed by atoms with van der Waals surface area (Å²) in [7, 11) is 0. The molecule has 1 aromatic rings. The minimum absolute atomic E-state index is 0. The number of carbonyl (C=O) groups is 1. The van der Waals surface area contributed by atoms with E-state index in [9.17, 15) is 4.79 Å². The van der Waals surface area contributed by atoms with E-state index in [1.165, 1.54) is 0 Å². The molecule has 0 saturated heterocycles. The molecule has 1 rings (SSSR count). The predicted molar refractivity (Wildman–Crippen MR) is 51.1 cm³/mol. The van der Waals surface area contributed by atoms with Crippen LogP contribution < -0.4 is 0 Å². The maximum atomic E-state index is 10.9. The number of hydrogen-bond donors (Lipinski definition) is 2. The second kappa shape index (κ2) is 6.42. The van der Waals surface area contributed by atoms with Crippen LogP contribution in [0.15, 0.2) is 5.16 Å². The Labute approximate surface area is 103 Å². The van der Waals surface area contributed by atoms with Crippen LogP contribution >= 0.6 is 12.6 Å².